The summed E-state index contributed by atoms with van der Waals surface area (Å²) in [6.45, 7) is 10.0. The summed E-state index contributed by atoms with van der Waals surface area (Å²) in [4.78, 5) is 2.99. The fourth-order valence-corrected chi connectivity index (χ4v) is 6.48. The van der Waals surface area contributed by atoms with E-state index < -0.39 is 10.0 Å². The van der Waals surface area contributed by atoms with Crippen molar-refractivity contribution in [2.24, 2.45) is 5.92 Å². The number of hydrogen-bond donors (Lipinski definition) is 0. The van der Waals surface area contributed by atoms with Crippen molar-refractivity contribution in [2.45, 2.75) is 57.4 Å². The van der Waals surface area contributed by atoms with Gasteiger partial charge in [-0.15, -0.1) is 0 Å². The van der Waals surface area contributed by atoms with Gasteiger partial charge in [-0.25, -0.2) is 8.42 Å². The lowest BCUT2D eigenvalue weighted by molar-refractivity contribution is 0.101. The monoisotopic (exact) mass is 426 g/mol. The van der Waals surface area contributed by atoms with Gasteiger partial charge >= 0.3 is 0 Å². The molecule has 0 N–H and O–H groups in total. The van der Waals surface area contributed by atoms with Crippen LogP contribution in [0.1, 0.15) is 43.7 Å². The minimum absolute atomic E-state index is 0.407. The molecule has 4 nitrogen and oxygen atoms in total. The molecule has 0 spiro atoms. The van der Waals surface area contributed by atoms with Crippen molar-refractivity contribution in [3.8, 4) is 11.1 Å². The number of piperidine rings is 2. The summed E-state index contributed by atoms with van der Waals surface area (Å²) < 4.78 is 28.4. The molecular weight excluding hydrogens is 392 g/mol. The molecule has 2 aliphatic rings. The highest BCUT2D eigenvalue weighted by atomic mass is 32.2. The van der Waals surface area contributed by atoms with E-state index in [4.69, 9.17) is 0 Å². The largest absolute Gasteiger partial charge is 0.300 e. The second kappa shape index (κ2) is 8.81. The lowest BCUT2D eigenvalue weighted by Crippen LogP contribution is -2.48. The van der Waals surface area contributed by atoms with Crippen molar-refractivity contribution in [1.29, 1.82) is 0 Å². The van der Waals surface area contributed by atoms with Gasteiger partial charge in [0, 0.05) is 19.1 Å². The van der Waals surface area contributed by atoms with Gasteiger partial charge in [0.1, 0.15) is 0 Å². The zero-order valence-electron chi connectivity index (χ0n) is 18.5. The molecule has 4 rings (SSSR count). The van der Waals surface area contributed by atoms with Gasteiger partial charge in [-0.2, -0.15) is 4.31 Å². The molecule has 0 aromatic heterocycles. The van der Waals surface area contributed by atoms with Crippen molar-refractivity contribution in [3.05, 3.63) is 53.6 Å². The van der Waals surface area contributed by atoms with Crippen LogP contribution in [0.5, 0.6) is 0 Å². The molecule has 2 aromatic carbocycles. The van der Waals surface area contributed by atoms with E-state index in [2.05, 4.69) is 43.9 Å². The Morgan fingerprint density at radius 3 is 2.07 bits per heavy atom. The Bertz CT molecular complexity index is 966. The van der Waals surface area contributed by atoms with Crippen LogP contribution in [0.25, 0.3) is 11.1 Å². The van der Waals surface area contributed by atoms with E-state index in [1.165, 1.54) is 24.0 Å². The number of benzene rings is 2. The van der Waals surface area contributed by atoms with E-state index in [0.29, 0.717) is 24.0 Å². The molecule has 0 radical (unpaired) electrons. The molecule has 0 aliphatic carbocycles. The molecule has 5 heteroatoms. The average Bonchev–Trinajstić information content (AvgIpc) is 2.74. The highest BCUT2D eigenvalue weighted by molar-refractivity contribution is 7.89. The van der Waals surface area contributed by atoms with Gasteiger partial charge in [-0.3, -0.25) is 0 Å². The fraction of sp³-hybridized carbons (Fsp3) is 0.520. The minimum Gasteiger partial charge on any atom is -0.300 e. The van der Waals surface area contributed by atoms with Crippen LogP contribution in [0, 0.1) is 19.8 Å². The molecule has 2 aliphatic heterocycles. The normalized spacial score (nSPS) is 20.5. The molecule has 2 fully saturated rings. The lowest BCUT2D eigenvalue weighted by Gasteiger charge is -2.41. The Morgan fingerprint density at radius 1 is 0.800 bits per heavy atom. The maximum absolute atomic E-state index is 13.3. The first kappa shape index (κ1) is 21.5. The van der Waals surface area contributed by atoms with Gasteiger partial charge in [0.05, 0.1) is 4.90 Å². The summed E-state index contributed by atoms with van der Waals surface area (Å²) in [6.07, 6.45) is 4.40. The van der Waals surface area contributed by atoms with Crippen LogP contribution in [0.3, 0.4) is 0 Å². The summed E-state index contributed by atoms with van der Waals surface area (Å²) in [5.41, 5.74) is 4.41. The Kier molecular flexibility index (Phi) is 6.33. The van der Waals surface area contributed by atoms with Crippen LogP contribution in [-0.4, -0.2) is 49.8 Å². The van der Waals surface area contributed by atoms with Crippen LogP contribution in [-0.2, 0) is 10.0 Å². The lowest BCUT2D eigenvalue weighted by atomic mass is 9.95. The maximum atomic E-state index is 13.3. The Labute approximate surface area is 182 Å². The highest BCUT2D eigenvalue weighted by Gasteiger charge is 2.32. The molecule has 0 bridgehead atoms. The Hall–Kier alpha value is -1.69. The van der Waals surface area contributed by atoms with Crippen molar-refractivity contribution in [3.63, 3.8) is 0 Å². The average molecular weight is 427 g/mol. The van der Waals surface area contributed by atoms with Crippen molar-refractivity contribution in [2.75, 3.05) is 26.2 Å². The summed E-state index contributed by atoms with van der Waals surface area (Å²) in [7, 11) is -3.46. The first-order valence-corrected chi connectivity index (χ1v) is 12.7. The number of sulfonamides is 1. The first-order valence-electron chi connectivity index (χ1n) is 11.3. The van der Waals surface area contributed by atoms with E-state index in [0.717, 1.165) is 43.0 Å². The molecule has 162 valence electrons. The predicted molar refractivity (Wildman–Crippen MR) is 123 cm³/mol. The standard InChI is InChI=1S/C25H34N2O2S/c1-19-7-11-26(12-8-19)24-9-13-27(14-10-24)30(28,29)25-6-4-5-22(18-25)23-16-20(2)15-21(3)17-23/h4-6,15-19,24H,7-14H2,1-3H3. The number of nitrogens with zero attached hydrogens (tertiary/aromatic N) is 2. The van der Waals surface area contributed by atoms with Gasteiger partial charge in [0.2, 0.25) is 10.0 Å². The highest BCUT2D eigenvalue weighted by Crippen LogP contribution is 2.29. The molecule has 2 saturated heterocycles. The summed E-state index contributed by atoms with van der Waals surface area (Å²) in [6, 6.07) is 14.3. The van der Waals surface area contributed by atoms with Gasteiger partial charge in [0.25, 0.3) is 0 Å². The predicted octanol–water partition coefficient (Wildman–Crippen LogP) is 4.86. The SMILES string of the molecule is Cc1cc(C)cc(-c2cccc(S(=O)(=O)N3CCC(N4CCC(C)CC4)CC3)c2)c1. The van der Waals surface area contributed by atoms with Gasteiger partial charge in [-0.1, -0.05) is 48.4 Å². The van der Waals surface area contributed by atoms with Crippen molar-refractivity contribution in [1.82, 2.24) is 9.21 Å². The maximum Gasteiger partial charge on any atom is 0.243 e. The summed E-state index contributed by atoms with van der Waals surface area (Å²) in [5.74, 6) is 0.825. The van der Waals surface area contributed by atoms with Crippen molar-refractivity contribution < 1.29 is 8.42 Å². The molecule has 2 aromatic rings. The summed E-state index contributed by atoms with van der Waals surface area (Å²) >= 11 is 0. The third-order valence-corrected chi connectivity index (χ3v) is 8.68. The van der Waals surface area contributed by atoms with Gasteiger partial charge in [-0.05, 0) is 81.8 Å². The number of aryl methyl sites for hydroxylation is 2. The zero-order chi connectivity index (χ0) is 21.3. The van der Waals surface area contributed by atoms with E-state index in [1.807, 2.05) is 18.2 Å². The third-order valence-electron chi connectivity index (χ3n) is 6.78. The molecule has 0 amide bonds. The molecule has 2 heterocycles. The van der Waals surface area contributed by atoms with Gasteiger partial charge < -0.3 is 4.90 Å². The van der Waals surface area contributed by atoms with Crippen molar-refractivity contribution >= 4 is 10.0 Å². The van der Waals surface area contributed by atoms with E-state index in [-0.39, 0.29) is 0 Å². The Balaban J connectivity index is 1.48. The van der Waals surface area contributed by atoms with E-state index in [1.54, 1.807) is 10.4 Å². The zero-order valence-corrected chi connectivity index (χ0v) is 19.3. The molecule has 0 atom stereocenters. The smallest absolute Gasteiger partial charge is 0.243 e. The molecular formula is C25H34N2O2S. The van der Waals surface area contributed by atoms with Crippen LogP contribution in [0.4, 0.5) is 0 Å². The van der Waals surface area contributed by atoms with E-state index in [9.17, 15) is 8.42 Å². The first-order chi connectivity index (χ1) is 14.3. The molecule has 0 unspecified atom stereocenters. The Morgan fingerprint density at radius 2 is 1.43 bits per heavy atom. The fourth-order valence-electron chi connectivity index (χ4n) is 4.97. The van der Waals surface area contributed by atoms with Crippen LogP contribution in [0.2, 0.25) is 0 Å². The minimum atomic E-state index is -3.46. The number of likely N-dealkylation sites (tertiary alicyclic amines) is 1. The second-order valence-electron chi connectivity index (χ2n) is 9.26. The van der Waals surface area contributed by atoms with Gasteiger partial charge in [0.15, 0.2) is 0 Å². The van der Waals surface area contributed by atoms with E-state index >= 15 is 0 Å². The van der Waals surface area contributed by atoms with Crippen LogP contribution < -0.4 is 0 Å². The molecule has 30 heavy (non-hydrogen) atoms. The summed E-state index contributed by atoms with van der Waals surface area (Å²) in [5, 5.41) is 0. The van der Waals surface area contributed by atoms with Crippen LogP contribution in [0.15, 0.2) is 47.4 Å². The topological polar surface area (TPSA) is 40.6 Å². The second-order valence-corrected chi connectivity index (χ2v) is 11.2. The number of rotatable bonds is 4. The van der Waals surface area contributed by atoms with Crippen LogP contribution >= 0.6 is 0 Å². The third kappa shape index (κ3) is 4.63. The quantitative estimate of drug-likeness (QED) is 0.701. The molecule has 0 saturated carbocycles. The number of hydrogen-bond acceptors (Lipinski definition) is 3.